The number of fused-ring (bicyclic) bond motifs is 1. The van der Waals surface area contributed by atoms with E-state index in [9.17, 15) is 22.7 Å². The Bertz CT molecular complexity index is 1050. The number of halogens is 7. The molecule has 0 fully saturated rings. The predicted octanol–water partition coefficient (Wildman–Crippen LogP) is 5.61. The molecule has 0 radical (unpaired) electrons. The summed E-state index contributed by atoms with van der Waals surface area (Å²) in [7, 11) is 0. The van der Waals surface area contributed by atoms with Gasteiger partial charge in [-0.05, 0) is 18.2 Å². The second-order valence-corrected chi connectivity index (χ2v) is 7.26. The van der Waals surface area contributed by atoms with Gasteiger partial charge in [0.25, 0.3) is 0 Å². The van der Waals surface area contributed by atoms with Crippen LogP contribution in [0.25, 0.3) is 11.0 Å². The molecule has 0 amide bonds. The Morgan fingerprint density at radius 1 is 1.18 bits per heavy atom. The molecule has 4 nitrogen and oxygen atoms in total. The van der Waals surface area contributed by atoms with Crippen LogP contribution in [0.2, 0.25) is 5.02 Å². The van der Waals surface area contributed by atoms with E-state index in [1.165, 1.54) is 10.6 Å². The summed E-state index contributed by atoms with van der Waals surface area (Å²) < 4.78 is 60.3. The van der Waals surface area contributed by atoms with Gasteiger partial charge in [-0.3, -0.25) is 0 Å². The third-order valence-corrected chi connectivity index (χ3v) is 5.08. The Morgan fingerprint density at radius 2 is 1.89 bits per heavy atom. The van der Waals surface area contributed by atoms with Gasteiger partial charge < -0.3 is 14.4 Å². The van der Waals surface area contributed by atoms with E-state index in [1.54, 1.807) is 6.07 Å². The molecule has 0 aliphatic rings. The molecule has 0 bridgehead atoms. The maximum absolute atomic E-state index is 14.3. The molecular weight excluding hydrogens is 491 g/mol. The van der Waals surface area contributed by atoms with Crippen LogP contribution >= 0.6 is 39.1 Å². The first-order valence-corrected chi connectivity index (χ1v) is 9.42. The number of aromatic nitrogens is 2. The van der Waals surface area contributed by atoms with Crippen molar-refractivity contribution in [1.82, 2.24) is 9.55 Å². The summed E-state index contributed by atoms with van der Waals surface area (Å²) in [6.45, 7) is -4.25. The molecule has 3 aromatic rings. The molecule has 0 atom stereocenters. The Labute approximate surface area is 174 Å². The third-order valence-electron chi connectivity index (χ3n) is 4.05. The van der Waals surface area contributed by atoms with Crippen molar-refractivity contribution in [2.75, 3.05) is 0 Å². The van der Waals surface area contributed by atoms with E-state index in [2.05, 4.69) is 25.7 Å². The minimum Gasteiger partial charge on any atom is -0.431 e. The molecule has 0 spiro atoms. The third kappa shape index (κ3) is 3.94. The van der Waals surface area contributed by atoms with E-state index in [1.807, 2.05) is 0 Å². The van der Waals surface area contributed by atoms with Gasteiger partial charge in [-0.1, -0.05) is 27.5 Å². The van der Waals surface area contributed by atoms with Crippen LogP contribution in [0.1, 0.15) is 17.0 Å². The van der Waals surface area contributed by atoms with Crippen LogP contribution in [0.4, 0.5) is 17.6 Å². The van der Waals surface area contributed by atoms with Crippen molar-refractivity contribution in [3.05, 3.63) is 56.3 Å². The van der Waals surface area contributed by atoms with Gasteiger partial charge in [0.15, 0.2) is 17.4 Å². The highest BCUT2D eigenvalue weighted by Crippen LogP contribution is 2.35. The number of alkyl halides is 3. The number of rotatable bonds is 6. The van der Waals surface area contributed by atoms with Crippen LogP contribution in [-0.2, 0) is 19.0 Å². The topological polar surface area (TPSA) is 47.3 Å². The van der Waals surface area contributed by atoms with Gasteiger partial charge in [-0.2, -0.15) is 8.78 Å². The van der Waals surface area contributed by atoms with Crippen molar-refractivity contribution in [1.29, 1.82) is 0 Å². The average Bonchev–Trinajstić information content (AvgIpc) is 2.96. The van der Waals surface area contributed by atoms with Crippen LogP contribution in [-0.4, -0.2) is 21.3 Å². The molecule has 0 saturated carbocycles. The molecule has 2 aromatic carbocycles. The molecule has 1 aromatic heterocycles. The van der Waals surface area contributed by atoms with Crippen molar-refractivity contribution in [3.63, 3.8) is 0 Å². The van der Waals surface area contributed by atoms with E-state index in [-0.39, 0.29) is 45.4 Å². The number of ether oxygens (including phenoxy) is 1. The van der Waals surface area contributed by atoms with Crippen molar-refractivity contribution in [2.24, 2.45) is 0 Å². The minimum atomic E-state index is -3.31. The fourth-order valence-corrected chi connectivity index (χ4v) is 3.77. The lowest BCUT2D eigenvalue weighted by Gasteiger charge is -2.18. The number of benzene rings is 2. The second-order valence-electron chi connectivity index (χ2n) is 5.67. The first-order chi connectivity index (χ1) is 13.3. The van der Waals surface area contributed by atoms with Crippen LogP contribution in [0.15, 0.2) is 22.7 Å². The second kappa shape index (κ2) is 8.44. The van der Waals surface area contributed by atoms with E-state index < -0.39 is 30.6 Å². The molecule has 0 aliphatic carbocycles. The van der Waals surface area contributed by atoms with Crippen molar-refractivity contribution in [3.8, 4) is 5.75 Å². The lowest BCUT2D eigenvalue weighted by atomic mass is 10.1. The van der Waals surface area contributed by atoms with E-state index >= 15 is 0 Å². The molecule has 28 heavy (non-hydrogen) atoms. The van der Waals surface area contributed by atoms with Crippen LogP contribution < -0.4 is 4.74 Å². The summed E-state index contributed by atoms with van der Waals surface area (Å²) in [6, 6.07) is 3.54. The zero-order chi connectivity index (χ0) is 20.6. The Morgan fingerprint density at radius 3 is 2.50 bits per heavy atom. The maximum atomic E-state index is 14.3. The van der Waals surface area contributed by atoms with Crippen LogP contribution in [0.5, 0.6) is 5.75 Å². The van der Waals surface area contributed by atoms with E-state index in [0.717, 1.165) is 6.07 Å². The minimum absolute atomic E-state index is 0.00299. The number of nitrogens with zero attached hydrogens (tertiary/aromatic N) is 2. The lowest BCUT2D eigenvalue weighted by Crippen LogP contribution is -2.13. The summed E-state index contributed by atoms with van der Waals surface area (Å²) >= 11 is 15.0. The van der Waals surface area contributed by atoms with Crippen molar-refractivity contribution in [2.45, 2.75) is 25.6 Å². The summed E-state index contributed by atoms with van der Waals surface area (Å²) in [5, 5.41) is 9.47. The zero-order valence-electron chi connectivity index (χ0n) is 13.8. The van der Waals surface area contributed by atoms with Gasteiger partial charge in [0, 0.05) is 20.6 Å². The number of imidazole rings is 1. The lowest BCUT2D eigenvalue weighted by molar-refractivity contribution is -0.0529. The van der Waals surface area contributed by atoms with Gasteiger partial charge in [-0.15, -0.1) is 11.6 Å². The monoisotopic (exact) mass is 500 g/mol. The van der Waals surface area contributed by atoms with E-state index in [0.29, 0.717) is 4.47 Å². The van der Waals surface area contributed by atoms with Gasteiger partial charge in [0.05, 0.1) is 24.5 Å². The maximum Gasteiger partial charge on any atom is 0.387 e. The van der Waals surface area contributed by atoms with Gasteiger partial charge in [-0.25, -0.2) is 13.8 Å². The molecule has 0 saturated heterocycles. The van der Waals surface area contributed by atoms with Gasteiger partial charge >= 0.3 is 6.61 Å². The number of hydrogen-bond acceptors (Lipinski definition) is 3. The highest BCUT2D eigenvalue weighted by Gasteiger charge is 2.24. The van der Waals surface area contributed by atoms with E-state index in [4.69, 9.17) is 23.2 Å². The molecule has 0 aliphatic heterocycles. The fraction of sp³-hybridized carbons (Fsp3) is 0.235. The number of aliphatic hydroxyl groups excluding tert-OH is 1. The summed E-state index contributed by atoms with van der Waals surface area (Å²) in [5.41, 5.74) is 0.161. The fourth-order valence-electron chi connectivity index (χ4n) is 2.88. The quantitative estimate of drug-likeness (QED) is 0.352. The molecule has 1 heterocycles. The highest BCUT2D eigenvalue weighted by atomic mass is 79.9. The van der Waals surface area contributed by atoms with Crippen LogP contribution in [0, 0.1) is 11.6 Å². The number of aliphatic hydroxyl groups is 1. The van der Waals surface area contributed by atoms with Crippen molar-refractivity contribution >= 4 is 50.2 Å². The number of hydrogen-bond donors (Lipinski definition) is 1. The first kappa shape index (κ1) is 21.2. The van der Waals surface area contributed by atoms with Gasteiger partial charge in [0.2, 0.25) is 0 Å². The molecule has 1 N–H and O–H groups in total. The van der Waals surface area contributed by atoms with Crippen molar-refractivity contribution < 1.29 is 27.4 Å². The highest BCUT2D eigenvalue weighted by molar-refractivity contribution is 9.10. The zero-order valence-corrected chi connectivity index (χ0v) is 16.9. The smallest absolute Gasteiger partial charge is 0.387 e. The SMILES string of the molecule is OCc1c(Cl)cc(F)c(OC(F)F)c1Cn1c(CCl)nc2c(F)cc(Br)cc21. The Balaban J connectivity index is 2.26. The summed E-state index contributed by atoms with van der Waals surface area (Å²) in [6.07, 6.45) is 0. The Hall–Kier alpha value is -1.55. The molecular formula is C17H11BrCl2F4N2O2. The average molecular weight is 502 g/mol. The molecule has 11 heteroatoms. The van der Waals surface area contributed by atoms with Crippen LogP contribution in [0.3, 0.4) is 0 Å². The summed E-state index contributed by atoms with van der Waals surface area (Å²) in [5.74, 6) is -2.43. The predicted molar refractivity (Wildman–Crippen MR) is 100 cm³/mol. The van der Waals surface area contributed by atoms with Gasteiger partial charge in [0.1, 0.15) is 11.3 Å². The molecule has 0 unspecified atom stereocenters. The molecule has 3 rings (SSSR count). The standard InChI is InChI=1S/C17H11BrCl2F4N2O2/c18-7-1-11(21)15-13(2-7)26(14(4-19)25-15)5-8-9(6-27)10(20)3-12(22)16(8)28-17(23)24/h1-3,17,27H,4-6H2. The largest absolute Gasteiger partial charge is 0.431 e. The first-order valence-electron chi connectivity index (χ1n) is 7.72. The normalized spacial score (nSPS) is 11.6. The summed E-state index contributed by atoms with van der Waals surface area (Å²) in [4.78, 5) is 4.12. The Kier molecular flexibility index (Phi) is 6.38. The molecule has 150 valence electrons.